The molecule has 0 aromatic heterocycles. The summed E-state index contributed by atoms with van der Waals surface area (Å²) in [4.78, 5) is 24.5. The van der Waals surface area contributed by atoms with E-state index in [-0.39, 0.29) is 11.8 Å². The zero-order valence-electron chi connectivity index (χ0n) is 10.4. The second-order valence-electron chi connectivity index (χ2n) is 3.76. The fraction of sp³-hybridized carbons (Fsp3) is 0.333. The van der Waals surface area contributed by atoms with Gasteiger partial charge in [-0.1, -0.05) is 6.07 Å². The van der Waals surface area contributed by atoms with E-state index in [4.69, 9.17) is 4.74 Å². The Labute approximate surface area is 100 Å². The molecule has 0 fully saturated rings. The molecule has 1 rings (SSSR count). The first-order valence-electron chi connectivity index (χ1n) is 5.13. The second-order valence-corrected chi connectivity index (χ2v) is 3.76. The van der Waals surface area contributed by atoms with Crippen molar-refractivity contribution in [2.24, 2.45) is 0 Å². The number of rotatable bonds is 3. The van der Waals surface area contributed by atoms with Crippen molar-refractivity contribution < 1.29 is 14.3 Å². The van der Waals surface area contributed by atoms with Crippen LogP contribution in [0.15, 0.2) is 18.2 Å². The van der Waals surface area contributed by atoms with Gasteiger partial charge < -0.3 is 15.0 Å². The topological polar surface area (TPSA) is 58.6 Å². The molecule has 17 heavy (non-hydrogen) atoms. The molecule has 1 N–H and O–H groups in total. The maximum Gasteiger partial charge on any atom is 0.255 e. The Balaban J connectivity index is 3.28. The predicted octanol–water partition coefficient (Wildman–Crippen LogP) is 1.36. The quantitative estimate of drug-likeness (QED) is 0.862. The summed E-state index contributed by atoms with van der Waals surface area (Å²) in [6.07, 6.45) is 0. The minimum absolute atomic E-state index is 0.187. The van der Waals surface area contributed by atoms with Gasteiger partial charge in [0, 0.05) is 21.0 Å². The van der Waals surface area contributed by atoms with E-state index in [1.54, 1.807) is 32.3 Å². The van der Waals surface area contributed by atoms with Crippen LogP contribution < -0.4 is 10.1 Å². The number of para-hydroxylation sites is 1. The summed E-state index contributed by atoms with van der Waals surface area (Å²) in [7, 11) is 4.79. The van der Waals surface area contributed by atoms with Crippen LogP contribution in [0.2, 0.25) is 0 Å². The molecule has 0 heterocycles. The Morgan fingerprint density at radius 1 is 1.29 bits per heavy atom. The second kappa shape index (κ2) is 5.34. The van der Waals surface area contributed by atoms with E-state index in [2.05, 4.69) is 5.32 Å². The third kappa shape index (κ3) is 2.96. The van der Waals surface area contributed by atoms with Crippen LogP contribution in [-0.4, -0.2) is 37.9 Å². The van der Waals surface area contributed by atoms with Crippen molar-refractivity contribution in [3.8, 4) is 5.75 Å². The van der Waals surface area contributed by atoms with Gasteiger partial charge >= 0.3 is 0 Å². The van der Waals surface area contributed by atoms with E-state index in [0.29, 0.717) is 17.0 Å². The fourth-order valence-corrected chi connectivity index (χ4v) is 1.43. The van der Waals surface area contributed by atoms with Gasteiger partial charge in [0.1, 0.15) is 5.75 Å². The molecule has 0 saturated heterocycles. The molecule has 0 atom stereocenters. The number of hydrogen-bond donors (Lipinski definition) is 1. The third-order valence-electron chi connectivity index (χ3n) is 2.18. The van der Waals surface area contributed by atoms with Crippen molar-refractivity contribution in [3.05, 3.63) is 23.8 Å². The Morgan fingerprint density at radius 2 is 1.94 bits per heavy atom. The zero-order valence-corrected chi connectivity index (χ0v) is 10.4. The Hall–Kier alpha value is -2.04. The average molecular weight is 236 g/mol. The van der Waals surface area contributed by atoms with Gasteiger partial charge in [0.2, 0.25) is 5.91 Å². The number of nitrogens with zero attached hydrogens (tertiary/aromatic N) is 1. The standard InChI is InChI=1S/C12H16N2O3/c1-8(15)13-11-9(12(16)14(2)3)6-5-7-10(11)17-4/h5-7H,1-4H3,(H,13,15). The molecule has 0 aliphatic rings. The molecule has 0 radical (unpaired) electrons. The van der Waals surface area contributed by atoms with E-state index >= 15 is 0 Å². The Kier molecular flexibility index (Phi) is 4.09. The van der Waals surface area contributed by atoms with Gasteiger partial charge in [0.15, 0.2) is 0 Å². The first-order chi connectivity index (χ1) is 7.97. The molecule has 92 valence electrons. The SMILES string of the molecule is COc1cccc(C(=O)N(C)C)c1NC(C)=O. The number of ether oxygens (including phenoxy) is 1. The maximum atomic E-state index is 11.9. The lowest BCUT2D eigenvalue weighted by Gasteiger charge is -2.16. The van der Waals surface area contributed by atoms with Crippen molar-refractivity contribution in [2.45, 2.75) is 6.92 Å². The van der Waals surface area contributed by atoms with Crippen molar-refractivity contribution in [2.75, 3.05) is 26.5 Å². The molecule has 0 bridgehead atoms. The molecule has 2 amide bonds. The van der Waals surface area contributed by atoms with Crippen LogP contribution in [0.1, 0.15) is 17.3 Å². The number of methoxy groups -OCH3 is 1. The van der Waals surface area contributed by atoms with Gasteiger partial charge in [-0.2, -0.15) is 0 Å². The van der Waals surface area contributed by atoms with Gasteiger partial charge in [-0.3, -0.25) is 9.59 Å². The predicted molar refractivity (Wildman–Crippen MR) is 65.3 cm³/mol. The van der Waals surface area contributed by atoms with Crippen molar-refractivity contribution in [1.29, 1.82) is 0 Å². The van der Waals surface area contributed by atoms with E-state index in [1.807, 2.05) is 0 Å². The summed E-state index contributed by atoms with van der Waals surface area (Å²) in [6, 6.07) is 5.05. The molecule has 0 spiro atoms. The highest BCUT2D eigenvalue weighted by molar-refractivity contribution is 6.04. The van der Waals surface area contributed by atoms with Crippen molar-refractivity contribution >= 4 is 17.5 Å². The van der Waals surface area contributed by atoms with Gasteiger partial charge in [-0.15, -0.1) is 0 Å². The summed E-state index contributed by atoms with van der Waals surface area (Å²) in [5.74, 6) is 0.0304. The van der Waals surface area contributed by atoms with Crippen LogP contribution in [0.3, 0.4) is 0 Å². The van der Waals surface area contributed by atoms with E-state index in [9.17, 15) is 9.59 Å². The summed E-state index contributed by atoms with van der Waals surface area (Å²) < 4.78 is 5.13. The molecular weight excluding hydrogens is 220 g/mol. The number of nitrogens with one attached hydrogen (secondary N) is 1. The van der Waals surface area contributed by atoms with Gasteiger partial charge in [0.25, 0.3) is 5.91 Å². The van der Waals surface area contributed by atoms with E-state index in [0.717, 1.165) is 0 Å². The summed E-state index contributed by atoms with van der Waals surface area (Å²) in [5.41, 5.74) is 0.811. The Bertz CT molecular complexity index is 441. The Morgan fingerprint density at radius 3 is 2.41 bits per heavy atom. The normalized spacial score (nSPS) is 9.65. The largest absolute Gasteiger partial charge is 0.495 e. The molecule has 0 saturated carbocycles. The van der Waals surface area contributed by atoms with E-state index in [1.165, 1.54) is 18.9 Å². The smallest absolute Gasteiger partial charge is 0.255 e. The molecule has 5 nitrogen and oxygen atoms in total. The monoisotopic (exact) mass is 236 g/mol. The summed E-state index contributed by atoms with van der Waals surface area (Å²) in [6.45, 7) is 1.39. The summed E-state index contributed by atoms with van der Waals surface area (Å²) in [5, 5.41) is 2.62. The molecule has 1 aromatic carbocycles. The average Bonchev–Trinajstić information content (AvgIpc) is 2.27. The number of anilines is 1. The van der Waals surface area contributed by atoms with Crippen LogP contribution in [0.25, 0.3) is 0 Å². The molecule has 5 heteroatoms. The zero-order chi connectivity index (χ0) is 13.0. The van der Waals surface area contributed by atoms with Crippen LogP contribution >= 0.6 is 0 Å². The first kappa shape index (κ1) is 13.0. The molecule has 1 aromatic rings. The lowest BCUT2D eigenvalue weighted by Crippen LogP contribution is -2.23. The van der Waals surface area contributed by atoms with Crippen molar-refractivity contribution in [1.82, 2.24) is 4.90 Å². The minimum atomic E-state index is -0.248. The molecular formula is C12H16N2O3. The van der Waals surface area contributed by atoms with Gasteiger partial charge in [0.05, 0.1) is 18.4 Å². The van der Waals surface area contributed by atoms with Crippen LogP contribution in [-0.2, 0) is 4.79 Å². The minimum Gasteiger partial charge on any atom is -0.495 e. The number of hydrogen-bond acceptors (Lipinski definition) is 3. The highest BCUT2D eigenvalue weighted by Gasteiger charge is 2.17. The number of carbonyl (C=O) groups is 2. The van der Waals surface area contributed by atoms with Crippen LogP contribution in [0.5, 0.6) is 5.75 Å². The number of amides is 2. The molecule has 0 unspecified atom stereocenters. The third-order valence-corrected chi connectivity index (χ3v) is 2.18. The van der Waals surface area contributed by atoms with Gasteiger partial charge in [-0.05, 0) is 12.1 Å². The van der Waals surface area contributed by atoms with Crippen molar-refractivity contribution in [3.63, 3.8) is 0 Å². The van der Waals surface area contributed by atoms with E-state index < -0.39 is 0 Å². The number of carbonyl (C=O) groups excluding carboxylic acids is 2. The highest BCUT2D eigenvalue weighted by atomic mass is 16.5. The number of benzene rings is 1. The van der Waals surface area contributed by atoms with Gasteiger partial charge in [-0.25, -0.2) is 0 Å². The first-order valence-corrected chi connectivity index (χ1v) is 5.13. The lowest BCUT2D eigenvalue weighted by molar-refractivity contribution is -0.114. The fourth-order valence-electron chi connectivity index (χ4n) is 1.43. The highest BCUT2D eigenvalue weighted by Crippen LogP contribution is 2.28. The van der Waals surface area contributed by atoms with Crippen LogP contribution in [0, 0.1) is 0 Å². The summed E-state index contributed by atoms with van der Waals surface area (Å²) >= 11 is 0. The van der Waals surface area contributed by atoms with Crippen LogP contribution in [0.4, 0.5) is 5.69 Å². The maximum absolute atomic E-state index is 11.9. The molecule has 0 aliphatic carbocycles. The lowest BCUT2D eigenvalue weighted by atomic mass is 10.1. The molecule has 0 aliphatic heterocycles.